The maximum absolute atomic E-state index is 3.52. The van der Waals surface area contributed by atoms with Gasteiger partial charge in [0.2, 0.25) is 0 Å². The Bertz CT molecular complexity index is 119. The fourth-order valence-corrected chi connectivity index (χ4v) is 3.67. The van der Waals surface area contributed by atoms with Crippen molar-refractivity contribution in [2.24, 2.45) is 0 Å². The van der Waals surface area contributed by atoms with Crippen molar-refractivity contribution in [3.63, 3.8) is 0 Å². The molecule has 0 radical (unpaired) electrons. The number of thioether (sulfide) groups is 2. The Balaban J connectivity index is 2.08. The summed E-state index contributed by atoms with van der Waals surface area (Å²) in [4.78, 5) is 0. The average Bonchev–Trinajstić information content (AvgIpc) is 2.50. The van der Waals surface area contributed by atoms with Gasteiger partial charge in [-0.1, -0.05) is 6.92 Å². The van der Waals surface area contributed by atoms with Gasteiger partial charge in [-0.25, -0.2) is 0 Å². The summed E-state index contributed by atoms with van der Waals surface area (Å²) in [6.45, 7) is 3.32. The minimum Gasteiger partial charge on any atom is -0.313 e. The van der Waals surface area contributed by atoms with Gasteiger partial charge in [-0.3, -0.25) is 0 Å². The van der Waals surface area contributed by atoms with E-state index in [0.29, 0.717) is 0 Å². The molecule has 2 unspecified atom stereocenters. The Labute approximate surface area is 84.4 Å². The SMILES string of the molecule is CCNC1CSC(CCSC)C1. The Morgan fingerprint density at radius 3 is 3.08 bits per heavy atom. The van der Waals surface area contributed by atoms with E-state index in [-0.39, 0.29) is 0 Å². The summed E-state index contributed by atoms with van der Waals surface area (Å²) in [7, 11) is 0. The van der Waals surface area contributed by atoms with Gasteiger partial charge in [-0.05, 0) is 31.4 Å². The van der Waals surface area contributed by atoms with Gasteiger partial charge < -0.3 is 5.32 Å². The molecule has 0 aromatic rings. The summed E-state index contributed by atoms with van der Waals surface area (Å²) in [5.41, 5.74) is 0. The van der Waals surface area contributed by atoms with Gasteiger partial charge in [-0.2, -0.15) is 23.5 Å². The number of rotatable bonds is 5. The van der Waals surface area contributed by atoms with Crippen LogP contribution in [0.15, 0.2) is 0 Å². The monoisotopic (exact) mass is 205 g/mol. The lowest BCUT2D eigenvalue weighted by Crippen LogP contribution is -2.28. The molecular formula is C9H19NS2. The van der Waals surface area contributed by atoms with Gasteiger partial charge >= 0.3 is 0 Å². The van der Waals surface area contributed by atoms with Gasteiger partial charge in [-0.15, -0.1) is 0 Å². The Morgan fingerprint density at radius 1 is 1.58 bits per heavy atom. The molecule has 0 aromatic heterocycles. The van der Waals surface area contributed by atoms with Crippen LogP contribution in [0.25, 0.3) is 0 Å². The Morgan fingerprint density at radius 2 is 2.42 bits per heavy atom. The molecule has 1 aliphatic heterocycles. The van der Waals surface area contributed by atoms with Crippen molar-refractivity contribution in [3.05, 3.63) is 0 Å². The van der Waals surface area contributed by atoms with E-state index < -0.39 is 0 Å². The van der Waals surface area contributed by atoms with Crippen LogP contribution in [-0.4, -0.2) is 35.6 Å². The summed E-state index contributed by atoms with van der Waals surface area (Å²) in [5, 5.41) is 4.46. The first-order valence-electron chi connectivity index (χ1n) is 4.70. The van der Waals surface area contributed by atoms with Gasteiger partial charge in [0.05, 0.1) is 0 Å². The molecule has 1 rings (SSSR count). The topological polar surface area (TPSA) is 12.0 Å². The molecule has 0 aromatic carbocycles. The van der Waals surface area contributed by atoms with Gasteiger partial charge in [0.15, 0.2) is 0 Å². The highest BCUT2D eigenvalue weighted by Crippen LogP contribution is 2.29. The standard InChI is InChI=1S/C9H19NS2/c1-3-10-8-6-9(12-7-8)4-5-11-2/h8-10H,3-7H2,1-2H3. The van der Waals surface area contributed by atoms with Gasteiger partial charge in [0, 0.05) is 17.0 Å². The van der Waals surface area contributed by atoms with E-state index in [4.69, 9.17) is 0 Å². The van der Waals surface area contributed by atoms with Crippen molar-refractivity contribution in [1.29, 1.82) is 0 Å². The maximum atomic E-state index is 3.52. The molecule has 1 fully saturated rings. The molecular weight excluding hydrogens is 186 g/mol. The van der Waals surface area contributed by atoms with Crippen LogP contribution in [-0.2, 0) is 0 Å². The second kappa shape index (κ2) is 6.17. The number of hydrogen-bond donors (Lipinski definition) is 1. The summed E-state index contributed by atoms with van der Waals surface area (Å²) in [6.07, 6.45) is 4.98. The molecule has 2 atom stereocenters. The van der Waals surface area contributed by atoms with Crippen molar-refractivity contribution < 1.29 is 0 Å². The molecule has 72 valence electrons. The highest BCUT2D eigenvalue weighted by atomic mass is 32.2. The molecule has 0 saturated carbocycles. The minimum absolute atomic E-state index is 0.798. The number of hydrogen-bond acceptors (Lipinski definition) is 3. The zero-order valence-electron chi connectivity index (χ0n) is 8.01. The predicted molar refractivity (Wildman–Crippen MR) is 61.3 cm³/mol. The Kier molecular flexibility index (Phi) is 5.52. The normalized spacial score (nSPS) is 29.5. The molecule has 0 aliphatic carbocycles. The summed E-state index contributed by atoms with van der Waals surface area (Å²) < 4.78 is 0. The third-order valence-electron chi connectivity index (χ3n) is 2.22. The van der Waals surface area contributed by atoms with Crippen LogP contribution in [0.2, 0.25) is 0 Å². The highest BCUT2D eigenvalue weighted by molar-refractivity contribution is 8.00. The first-order chi connectivity index (χ1) is 5.86. The maximum Gasteiger partial charge on any atom is 0.0168 e. The van der Waals surface area contributed by atoms with E-state index in [1.54, 1.807) is 0 Å². The quantitative estimate of drug-likeness (QED) is 0.739. The molecule has 1 aliphatic rings. The second-order valence-corrected chi connectivity index (χ2v) is 5.55. The molecule has 0 amide bonds. The molecule has 1 nitrogen and oxygen atoms in total. The van der Waals surface area contributed by atoms with Gasteiger partial charge in [0.1, 0.15) is 0 Å². The van der Waals surface area contributed by atoms with Crippen molar-refractivity contribution >= 4 is 23.5 Å². The molecule has 1 heterocycles. The lowest BCUT2D eigenvalue weighted by Gasteiger charge is -2.09. The van der Waals surface area contributed by atoms with E-state index in [9.17, 15) is 0 Å². The minimum atomic E-state index is 0.798. The molecule has 12 heavy (non-hydrogen) atoms. The van der Waals surface area contributed by atoms with Crippen molar-refractivity contribution in [2.75, 3.05) is 24.3 Å². The largest absolute Gasteiger partial charge is 0.313 e. The van der Waals surface area contributed by atoms with E-state index in [1.807, 2.05) is 11.8 Å². The van der Waals surface area contributed by atoms with Crippen LogP contribution < -0.4 is 5.32 Å². The van der Waals surface area contributed by atoms with Crippen LogP contribution >= 0.6 is 23.5 Å². The lowest BCUT2D eigenvalue weighted by atomic mass is 10.1. The summed E-state index contributed by atoms with van der Waals surface area (Å²) >= 11 is 4.12. The number of nitrogens with one attached hydrogen (secondary N) is 1. The first kappa shape index (κ1) is 10.7. The van der Waals surface area contributed by atoms with Crippen molar-refractivity contribution in [1.82, 2.24) is 5.32 Å². The molecule has 0 bridgehead atoms. The zero-order valence-corrected chi connectivity index (χ0v) is 9.64. The van der Waals surface area contributed by atoms with Crippen LogP contribution in [0.4, 0.5) is 0 Å². The third kappa shape index (κ3) is 3.58. The van der Waals surface area contributed by atoms with Crippen LogP contribution in [0.3, 0.4) is 0 Å². The molecule has 1 saturated heterocycles. The predicted octanol–water partition coefficient (Wildman–Crippen LogP) is 2.22. The van der Waals surface area contributed by atoms with Crippen LogP contribution in [0, 0.1) is 0 Å². The second-order valence-electron chi connectivity index (χ2n) is 3.23. The lowest BCUT2D eigenvalue weighted by molar-refractivity contribution is 0.545. The van der Waals surface area contributed by atoms with E-state index in [0.717, 1.165) is 17.8 Å². The van der Waals surface area contributed by atoms with Crippen LogP contribution in [0.1, 0.15) is 19.8 Å². The van der Waals surface area contributed by atoms with E-state index >= 15 is 0 Å². The Hall–Kier alpha value is 0.660. The summed E-state index contributed by atoms with van der Waals surface area (Å²) in [6, 6.07) is 0.798. The van der Waals surface area contributed by atoms with Crippen molar-refractivity contribution in [2.45, 2.75) is 31.1 Å². The van der Waals surface area contributed by atoms with Crippen LogP contribution in [0.5, 0.6) is 0 Å². The average molecular weight is 205 g/mol. The van der Waals surface area contributed by atoms with Gasteiger partial charge in [0.25, 0.3) is 0 Å². The third-order valence-corrected chi connectivity index (χ3v) is 4.36. The molecule has 3 heteroatoms. The van der Waals surface area contributed by atoms with Crippen molar-refractivity contribution in [3.8, 4) is 0 Å². The smallest absolute Gasteiger partial charge is 0.0168 e. The first-order valence-corrected chi connectivity index (χ1v) is 7.15. The fourth-order valence-electron chi connectivity index (χ4n) is 1.59. The highest BCUT2D eigenvalue weighted by Gasteiger charge is 2.23. The molecule has 0 spiro atoms. The molecule has 1 N–H and O–H groups in total. The summed E-state index contributed by atoms with van der Waals surface area (Å²) in [5.74, 6) is 2.66. The fraction of sp³-hybridized carbons (Fsp3) is 1.00. The van der Waals surface area contributed by atoms with E-state index in [2.05, 4.69) is 30.3 Å². The van der Waals surface area contributed by atoms with E-state index in [1.165, 1.54) is 24.3 Å². The zero-order chi connectivity index (χ0) is 8.81.